The Kier molecular flexibility index (Phi) is 5.99. The minimum atomic E-state index is -0.255. The Morgan fingerprint density at radius 1 is 0.912 bits per heavy atom. The third-order valence-electron chi connectivity index (χ3n) is 5.52. The number of amides is 2. The lowest BCUT2D eigenvalue weighted by Crippen LogP contribution is -2.34. The molecule has 1 saturated heterocycles. The fraction of sp³-hybridized carbons (Fsp3) is 0.0833. The minimum absolute atomic E-state index is 0.0441. The molecule has 0 spiro atoms. The smallest absolute Gasteiger partial charge is 0.255 e. The normalized spacial score (nSPS) is 15.3. The Hall–Kier alpha value is -3.76. The van der Waals surface area contributed by atoms with E-state index in [1.165, 1.54) is 0 Å². The number of hydrazine groups is 1. The number of rotatable bonds is 5. The maximum atomic E-state index is 12.9. The highest BCUT2D eigenvalue weighted by Gasteiger charge is 2.31. The van der Waals surface area contributed by atoms with Crippen molar-refractivity contribution >= 4 is 48.4 Å². The van der Waals surface area contributed by atoms with E-state index in [4.69, 9.17) is 0 Å². The highest BCUT2D eigenvalue weighted by Crippen LogP contribution is 2.32. The molecule has 34 heavy (non-hydrogen) atoms. The molecular formula is C24H20N6O2S2. The molecule has 170 valence electrons. The topological polar surface area (TPSA) is 92.2 Å². The minimum Gasteiger partial charge on any atom is -0.322 e. The van der Waals surface area contributed by atoms with Gasteiger partial charge >= 0.3 is 0 Å². The maximum absolute atomic E-state index is 12.9. The number of benzene rings is 3. The molecule has 4 aromatic rings. The fourth-order valence-electron chi connectivity index (χ4n) is 3.91. The first-order chi connectivity index (χ1) is 16.5. The molecule has 1 aliphatic rings. The van der Waals surface area contributed by atoms with Crippen molar-refractivity contribution in [2.24, 2.45) is 0 Å². The van der Waals surface area contributed by atoms with E-state index in [1.807, 2.05) is 59.6 Å². The summed E-state index contributed by atoms with van der Waals surface area (Å²) < 4.78 is 1.66. The van der Waals surface area contributed by atoms with Gasteiger partial charge in [-0.3, -0.25) is 24.6 Å². The molecule has 0 radical (unpaired) electrons. The quantitative estimate of drug-likeness (QED) is 0.318. The van der Waals surface area contributed by atoms with Gasteiger partial charge in [-0.2, -0.15) is 0 Å². The van der Waals surface area contributed by atoms with Crippen LogP contribution in [0.1, 0.15) is 28.4 Å². The Bertz CT molecular complexity index is 1340. The van der Waals surface area contributed by atoms with E-state index < -0.39 is 0 Å². The van der Waals surface area contributed by atoms with E-state index in [0.717, 1.165) is 16.9 Å². The van der Waals surface area contributed by atoms with Gasteiger partial charge in [-0.1, -0.05) is 36.4 Å². The summed E-state index contributed by atoms with van der Waals surface area (Å²) in [7, 11) is 0. The van der Waals surface area contributed by atoms with Crippen LogP contribution in [-0.4, -0.2) is 26.6 Å². The van der Waals surface area contributed by atoms with Crippen molar-refractivity contribution in [1.82, 2.24) is 20.2 Å². The first-order valence-corrected chi connectivity index (χ1v) is 11.4. The third kappa shape index (κ3) is 4.37. The SMILES string of the molecule is O=C1CC(c2ccccc2)N(c2ccc(C(=O)Nc3cccc(-n4c(S)nnc4S)c3)cc2)N1. The van der Waals surface area contributed by atoms with Gasteiger partial charge in [-0.25, -0.2) is 0 Å². The second-order valence-corrected chi connectivity index (χ2v) is 8.52. The number of aromatic nitrogens is 3. The average Bonchev–Trinajstić information content (AvgIpc) is 3.41. The van der Waals surface area contributed by atoms with E-state index in [1.54, 1.807) is 28.8 Å². The van der Waals surface area contributed by atoms with Crippen LogP contribution in [0.3, 0.4) is 0 Å². The largest absolute Gasteiger partial charge is 0.322 e. The maximum Gasteiger partial charge on any atom is 0.255 e. The molecule has 1 aromatic heterocycles. The van der Waals surface area contributed by atoms with Crippen LogP contribution >= 0.6 is 25.3 Å². The summed E-state index contributed by atoms with van der Waals surface area (Å²) in [4.78, 5) is 25.0. The Balaban J connectivity index is 1.33. The summed E-state index contributed by atoms with van der Waals surface area (Å²) in [6.45, 7) is 0. The second kappa shape index (κ2) is 9.24. The molecule has 1 unspecified atom stereocenters. The van der Waals surface area contributed by atoms with Crippen LogP contribution in [0.5, 0.6) is 0 Å². The van der Waals surface area contributed by atoms with Crippen molar-refractivity contribution in [2.45, 2.75) is 22.8 Å². The lowest BCUT2D eigenvalue weighted by Gasteiger charge is -2.26. The van der Waals surface area contributed by atoms with E-state index in [2.05, 4.69) is 46.2 Å². The molecule has 5 rings (SSSR count). The Morgan fingerprint density at radius 2 is 1.62 bits per heavy atom. The zero-order valence-corrected chi connectivity index (χ0v) is 19.6. The summed E-state index contributed by atoms with van der Waals surface area (Å²) in [5.74, 6) is -0.299. The van der Waals surface area contributed by atoms with E-state index in [9.17, 15) is 9.59 Å². The van der Waals surface area contributed by atoms with Crippen LogP contribution in [0.4, 0.5) is 11.4 Å². The van der Waals surface area contributed by atoms with Crippen LogP contribution < -0.4 is 15.8 Å². The molecular weight excluding hydrogens is 468 g/mol. The average molecular weight is 489 g/mol. The standard InChI is InChI=1S/C24H20N6O2S2/c31-21-14-20(15-5-2-1-3-6-15)30(28-21)18-11-9-16(10-12-18)22(32)25-17-7-4-8-19(13-17)29-23(33)26-27-24(29)34/h1-13,20H,14H2,(H,25,32)(H,26,33)(H,27,34)(H,28,31). The summed E-state index contributed by atoms with van der Waals surface area (Å²) in [6.07, 6.45) is 0.372. The van der Waals surface area contributed by atoms with E-state index >= 15 is 0 Å². The van der Waals surface area contributed by atoms with Crippen LogP contribution in [0.25, 0.3) is 5.69 Å². The molecule has 0 aliphatic carbocycles. The van der Waals surface area contributed by atoms with Gasteiger partial charge in [0.1, 0.15) is 0 Å². The molecule has 2 heterocycles. The Labute approximate surface area is 206 Å². The first kappa shape index (κ1) is 22.1. The van der Waals surface area contributed by atoms with Gasteiger partial charge in [-0.15, -0.1) is 35.5 Å². The summed E-state index contributed by atoms with van der Waals surface area (Å²) >= 11 is 8.59. The molecule has 3 aromatic carbocycles. The number of hydrogen-bond acceptors (Lipinski definition) is 7. The van der Waals surface area contributed by atoms with Crippen molar-refractivity contribution in [2.75, 3.05) is 10.3 Å². The van der Waals surface area contributed by atoms with Gasteiger partial charge in [0, 0.05) is 11.3 Å². The van der Waals surface area contributed by atoms with Crippen LogP contribution in [0.2, 0.25) is 0 Å². The van der Waals surface area contributed by atoms with Crippen LogP contribution in [0, 0.1) is 0 Å². The molecule has 2 amide bonds. The number of anilines is 2. The van der Waals surface area contributed by atoms with Crippen LogP contribution in [0.15, 0.2) is 89.2 Å². The zero-order valence-electron chi connectivity index (χ0n) is 17.8. The molecule has 8 nitrogen and oxygen atoms in total. The zero-order chi connectivity index (χ0) is 23.7. The van der Waals surface area contributed by atoms with Gasteiger partial charge in [0.2, 0.25) is 5.91 Å². The molecule has 1 atom stereocenters. The number of carbonyl (C=O) groups is 2. The molecule has 10 heteroatoms. The molecule has 2 N–H and O–H groups in total. The highest BCUT2D eigenvalue weighted by atomic mass is 32.1. The van der Waals surface area contributed by atoms with Crippen molar-refractivity contribution in [3.8, 4) is 5.69 Å². The second-order valence-electron chi connectivity index (χ2n) is 7.72. The third-order valence-corrected chi connectivity index (χ3v) is 6.10. The predicted octanol–water partition coefficient (Wildman–Crippen LogP) is 4.08. The van der Waals surface area contributed by atoms with E-state index in [0.29, 0.717) is 28.0 Å². The number of hydrogen-bond donors (Lipinski definition) is 4. The van der Waals surface area contributed by atoms with Gasteiger partial charge in [0.25, 0.3) is 5.91 Å². The summed E-state index contributed by atoms with van der Waals surface area (Å²) in [6, 6.07) is 24.1. The number of nitrogens with one attached hydrogen (secondary N) is 2. The molecule has 0 saturated carbocycles. The number of thiol groups is 2. The van der Waals surface area contributed by atoms with Gasteiger partial charge in [0.05, 0.1) is 23.8 Å². The highest BCUT2D eigenvalue weighted by molar-refractivity contribution is 7.80. The number of carbonyl (C=O) groups excluding carboxylic acids is 2. The van der Waals surface area contributed by atoms with Gasteiger partial charge in [-0.05, 0) is 48.0 Å². The van der Waals surface area contributed by atoms with Crippen molar-refractivity contribution in [3.63, 3.8) is 0 Å². The predicted molar refractivity (Wildman–Crippen MR) is 135 cm³/mol. The molecule has 0 bridgehead atoms. The molecule has 1 aliphatic heterocycles. The first-order valence-electron chi connectivity index (χ1n) is 10.5. The van der Waals surface area contributed by atoms with Gasteiger partial charge < -0.3 is 5.32 Å². The number of nitrogens with zero attached hydrogens (tertiary/aromatic N) is 4. The monoisotopic (exact) mass is 488 g/mol. The van der Waals surface area contributed by atoms with E-state index in [-0.39, 0.29) is 17.9 Å². The summed E-state index contributed by atoms with van der Waals surface area (Å²) in [5, 5.41) is 13.3. The summed E-state index contributed by atoms with van der Waals surface area (Å²) in [5.41, 5.74) is 6.58. The lowest BCUT2D eigenvalue weighted by molar-refractivity contribution is -0.119. The van der Waals surface area contributed by atoms with Crippen molar-refractivity contribution in [1.29, 1.82) is 0 Å². The van der Waals surface area contributed by atoms with Crippen molar-refractivity contribution < 1.29 is 9.59 Å². The lowest BCUT2D eigenvalue weighted by atomic mass is 10.0. The van der Waals surface area contributed by atoms with Crippen LogP contribution in [-0.2, 0) is 4.79 Å². The Morgan fingerprint density at radius 3 is 2.32 bits per heavy atom. The molecule has 1 fully saturated rings. The fourth-order valence-corrected chi connectivity index (χ4v) is 4.50. The van der Waals surface area contributed by atoms with Gasteiger partial charge in [0.15, 0.2) is 10.3 Å². The van der Waals surface area contributed by atoms with Crippen molar-refractivity contribution in [3.05, 3.63) is 90.0 Å².